The van der Waals surface area contributed by atoms with Crippen LogP contribution in [0.15, 0.2) is 60.8 Å². The lowest BCUT2D eigenvalue weighted by Crippen LogP contribution is -2.34. The first kappa shape index (κ1) is 24.0. The highest BCUT2D eigenvalue weighted by Gasteiger charge is 2.51. The Morgan fingerprint density at radius 1 is 1.08 bits per heavy atom. The largest absolute Gasteiger partial charge is 0.449 e. The maximum absolute atomic E-state index is 13.3. The molecule has 5 rings (SSSR count). The molecular weight excluding hydrogens is 478 g/mol. The average Bonchev–Trinajstić information content (AvgIpc) is 3.45. The van der Waals surface area contributed by atoms with E-state index in [1.54, 1.807) is 40.3 Å². The Balaban J connectivity index is 1.33. The van der Waals surface area contributed by atoms with Crippen LogP contribution in [0, 0.1) is 0 Å². The van der Waals surface area contributed by atoms with Crippen molar-refractivity contribution in [1.82, 2.24) is 14.8 Å². The summed E-state index contributed by atoms with van der Waals surface area (Å²) >= 11 is 6.55. The van der Waals surface area contributed by atoms with Gasteiger partial charge in [0.1, 0.15) is 5.69 Å². The Morgan fingerprint density at radius 2 is 1.83 bits per heavy atom. The quantitative estimate of drug-likeness (QED) is 0.467. The van der Waals surface area contributed by atoms with Crippen LogP contribution in [0.4, 0.5) is 0 Å². The molecule has 184 valence electrons. The van der Waals surface area contributed by atoms with E-state index in [-0.39, 0.29) is 17.8 Å². The fourth-order valence-electron chi connectivity index (χ4n) is 5.01. The number of amides is 2. The minimum Gasteiger partial charge on any atom is -0.449 e. The third-order valence-electron chi connectivity index (χ3n) is 7.01. The molecule has 7 nitrogen and oxygen atoms in total. The topological polar surface area (TPSA) is 79.8 Å². The molecule has 1 spiro atoms. The lowest BCUT2D eigenvalue weighted by Gasteiger charge is -2.24. The zero-order chi connectivity index (χ0) is 25.4. The van der Waals surface area contributed by atoms with E-state index in [0.717, 1.165) is 16.7 Å². The van der Waals surface area contributed by atoms with Gasteiger partial charge in [0.2, 0.25) is 0 Å². The van der Waals surface area contributed by atoms with Gasteiger partial charge in [-0.05, 0) is 43.7 Å². The zero-order valence-corrected chi connectivity index (χ0v) is 20.9. The smallest absolute Gasteiger partial charge is 0.339 e. The number of benzene rings is 2. The molecule has 0 bridgehead atoms. The van der Waals surface area contributed by atoms with Gasteiger partial charge in [-0.3, -0.25) is 14.6 Å². The summed E-state index contributed by atoms with van der Waals surface area (Å²) in [5.74, 6) is -0.660. The number of carbonyl (C=O) groups excluding carboxylic acids is 3. The van der Waals surface area contributed by atoms with Crippen molar-refractivity contribution in [2.75, 3.05) is 26.2 Å². The van der Waals surface area contributed by atoms with Crippen molar-refractivity contribution in [2.45, 2.75) is 25.9 Å². The predicted octanol–water partition coefficient (Wildman–Crippen LogP) is 4.80. The molecule has 8 heteroatoms. The van der Waals surface area contributed by atoms with Crippen LogP contribution in [0.5, 0.6) is 0 Å². The van der Waals surface area contributed by atoms with Crippen molar-refractivity contribution in [3.63, 3.8) is 0 Å². The molecule has 1 aromatic heterocycles. The summed E-state index contributed by atoms with van der Waals surface area (Å²) in [5.41, 5.74) is 2.96. The molecule has 3 heterocycles. The van der Waals surface area contributed by atoms with Gasteiger partial charge in [0.25, 0.3) is 11.8 Å². The van der Waals surface area contributed by atoms with Crippen molar-refractivity contribution in [1.29, 1.82) is 0 Å². The van der Waals surface area contributed by atoms with Crippen LogP contribution >= 0.6 is 11.6 Å². The van der Waals surface area contributed by atoms with Crippen molar-refractivity contribution < 1.29 is 19.1 Å². The van der Waals surface area contributed by atoms with Gasteiger partial charge in [0.05, 0.1) is 22.7 Å². The maximum atomic E-state index is 13.3. The average molecular weight is 504 g/mol. The van der Waals surface area contributed by atoms with E-state index in [2.05, 4.69) is 4.98 Å². The number of hydrogen-bond donors (Lipinski definition) is 0. The number of halogens is 1. The number of esters is 1. The van der Waals surface area contributed by atoms with E-state index in [9.17, 15) is 14.4 Å². The Bertz CT molecular complexity index is 1350. The molecule has 3 aromatic rings. The summed E-state index contributed by atoms with van der Waals surface area (Å²) in [5, 5.41) is 0.325. The van der Waals surface area contributed by atoms with Crippen LogP contribution < -0.4 is 0 Å². The van der Waals surface area contributed by atoms with Crippen molar-refractivity contribution in [2.24, 2.45) is 0 Å². The number of ether oxygens (including phenoxy) is 1. The van der Waals surface area contributed by atoms with Crippen LogP contribution in [-0.2, 0) is 10.3 Å². The molecule has 0 saturated carbocycles. The summed E-state index contributed by atoms with van der Waals surface area (Å²) < 4.78 is 5.76. The van der Waals surface area contributed by atoms with Gasteiger partial charge in [0.15, 0.2) is 5.60 Å². The maximum Gasteiger partial charge on any atom is 0.339 e. The second-order valence-electron chi connectivity index (χ2n) is 9.01. The van der Waals surface area contributed by atoms with Gasteiger partial charge in [-0.2, -0.15) is 0 Å². The van der Waals surface area contributed by atoms with Gasteiger partial charge in [-0.1, -0.05) is 41.9 Å². The summed E-state index contributed by atoms with van der Waals surface area (Å²) in [6, 6.07) is 16.1. The Morgan fingerprint density at radius 3 is 2.53 bits per heavy atom. The fourth-order valence-corrected chi connectivity index (χ4v) is 5.27. The van der Waals surface area contributed by atoms with Crippen molar-refractivity contribution in [3.05, 3.63) is 88.2 Å². The van der Waals surface area contributed by atoms with Crippen molar-refractivity contribution in [3.8, 4) is 11.1 Å². The first-order chi connectivity index (χ1) is 17.4. The molecule has 0 aliphatic carbocycles. The standard InChI is InChI=1S/C28H26ClN3O4/c1-3-31(4-2)26(34)24-12-10-19(16-30-24)18-9-11-21(23(29)15-18)25(33)32-14-13-28(17-32)22-8-6-5-7-20(22)27(35)36-28/h5-12,15-16H,3-4,13-14,17H2,1-2H3/t28-/m0/s1. The molecule has 2 aromatic carbocycles. The van der Waals surface area contributed by atoms with Crippen LogP contribution in [0.25, 0.3) is 11.1 Å². The normalized spacial score (nSPS) is 18.3. The van der Waals surface area contributed by atoms with E-state index in [1.807, 2.05) is 44.2 Å². The molecule has 1 saturated heterocycles. The minimum absolute atomic E-state index is 0.107. The van der Waals surface area contributed by atoms with Gasteiger partial charge in [-0.15, -0.1) is 0 Å². The molecule has 0 N–H and O–H groups in total. The molecule has 0 unspecified atom stereocenters. The van der Waals surface area contributed by atoms with E-state index in [1.165, 1.54) is 0 Å². The zero-order valence-electron chi connectivity index (χ0n) is 20.2. The van der Waals surface area contributed by atoms with Crippen molar-refractivity contribution >= 4 is 29.4 Å². The minimum atomic E-state index is -0.800. The highest BCUT2D eigenvalue weighted by atomic mass is 35.5. The number of likely N-dealkylation sites (tertiary alicyclic amines) is 1. The number of pyridine rings is 1. The van der Waals surface area contributed by atoms with Crippen LogP contribution in [-0.4, -0.2) is 58.7 Å². The highest BCUT2D eigenvalue weighted by Crippen LogP contribution is 2.43. The number of carbonyl (C=O) groups is 3. The Labute approximate surface area is 214 Å². The first-order valence-electron chi connectivity index (χ1n) is 12.0. The van der Waals surface area contributed by atoms with E-state index in [0.29, 0.717) is 54.4 Å². The second-order valence-corrected chi connectivity index (χ2v) is 9.42. The monoisotopic (exact) mass is 503 g/mol. The molecule has 2 amide bonds. The summed E-state index contributed by atoms with van der Waals surface area (Å²) in [7, 11) is 0. The third kappa shape index (κ3) is 4.03. The lowest BCUT2D eigenvalue weighted by atomic mass is 9.91. The van der Waals surface area contributed by atoms with Crippen LogP contribution in [0.3, 0.4) is 0 Å². The number of fused-ring (bicyclic) bond motifs is 2. The van der Waals surface area contributed by atoms with Gasteiger partial charge in [-0.25, -0.2) is 4.79 Å². The first-order valence-corrected chi connectivity index (χ1v) is 12.4. The SMILES string of the molecule is CCN(CC)C(=O)c1ccc(-c2ccc(C(=O)N3CC[C@@]4(C3)OC(=O)c3ccccc34)c(Cl)c2)cn1. The lowest BCUT2D eigenvalue weighted by molar-refractivity contribution is -0.00307. The number of hydrogen-bond acceptors (Lipinski definition) is 5. The fraction of sp³-hybridized carbons (Fsp3) is 0.286. The third-order valence-corrected chi connectivity index (χ3v) is 7.32. The van der Waals surface area contributed by atoms with E-state index >= 15 is 0 Å². The molecule has 2 aliphatic rings. The predicted molar refractivity (Wildman–Crippen MR) is 136 cm³/mol. The van der Waals surface area contributed by atoms with E-state index in [4.69, 9.17) is 16.3 Å². The Kier molecular flexibility index (Phi) is 6.26. The number of nitrogens with zero attached hydrogens (tertiary/aromatic N) is 3. The number of rotatable bonds is 5. The second kappa shape index (κ2) is 9.39. The van der Waals surface area contributed by atoms with Gasteiger partial charge in [0, 0.05) is 43.4 Å². The van der Waals surface area contributed by atoms with Gasteiger partial charge < -0.3 is 14.5 Å². The molecule has 2 aliphatic heterocycles. The molecular formula is C28H26ClN3O4. The summed E-state index contributed by atoms with van der Waals surface area (Å²) in [4.78, 5) is 45.9. The van der Waals surface area contributed by atoms with Crippen LogP contribution in [0.1, 0.15) is 57.0 Å². The molecule has 0 radical (unpaired) electrons. The Hall–Kier alpha value is -3.71. The van der Waals surface area contributed by atoms with Crippen LogP contribution in [0.2, 0.25) is 5.02 Å². The highest BCUT2D eigenvalue weighted by molar-refractivity contribution is 6.34. The van der Waals surface area contributed by atoms with Gasteiger partial charge >= 0.3 is 5.97 Å². The molecule has 36 heavy (non-hydrogen) atoms. The summed E-state index contributed by atoms with van der Waals surface area (Å²) in [6.45, 7) is 5.86. The number of aromatic nitrogens is 1. The summed E-state index contributed by atoms with van der Waals surface area (Å²) in [6.07, 6.45) is 2.18. The van der Waals surface area contributed by atoms with E-state index < -0.39 is 5.60 Å². The molecule has 1 atom stereocenters. The molecule has 1 fully saturated rings.